The van der Waals surface area contributed by atoms with Gasteiger partial charge in [0, 0.05) is 61.0 Å². The standard InChI is InChI=1S/C27H24N2/c1-19-15-17-22-9-4-6-11-26(22)28(19)24-13-8-14-25(21(24)3)29-20(2)16-18-23-10-5-7-12-27(23)29/h4-18H,1-3H3/q+2. The highest BCUT2D eigenvalue weighted by Crippen LogP contribution is 2.21. The molecule has 0 amide bonds. The van der Waals surface area contributed by atoms with Crippen molar-refractivity contribution >= 4 is 21.8 Å². The highest BCUT2D eigenvalue weighted by molar-refractivity contribution is 5.77. The molecule has 2 heterocycles. The number of fused-ring (bicyclic) bond motifs is 2. The molecule has 5 rings (SSSR count). The lowest BCUT2D eigenvalue weighted by Gasteiger charge is -2.10. The molecule has 0 aliphatic heterocycles. The Hall–Kier alpha value is -3.52. The number of aryl methyl sites for hydroxylation is 2. The molecule has 5 aromatic rings. The minimum atomic E-state index is 1.22. The van der Waals surface area contributed by atoms with Gasteiger partial charge in [0.15, 0.2) is 11.4 Å². The molecule has 0 aliphatic rings. The number of hydrogen-bond donors (Lipinski definition) is 0. The molecule has 0 aliphatic carbocycles. The van der Waals surface area contributed by atoms with Crippen LogP contribution >= 0.6 is 0 Å². The molecule has 0 N–H and O–H groups in total. The summed E-state index contributed by atoms with van der Waals surface area (Å²) >= 11 is 0. The maximum absolute atomic E-state index is 2.37. The van der Waals surface area contributed by atoms with Crippen LogP contribution in [-0.2, 0) is 0 Å². The Labute approximate surface area is 171 Å². The van der Waals surface area contributed by atoms with Crippen molar-refractivity contribution in [3.8, 4) is 11.4 Å². The van der Waals surface area contributed by atoms with Gasteiger partial charge in [0.2, 0.25) is 22.4 Å². The first-order chi connectivity index (χ1) is 14.1. The number of hydrogen-bond acceptors (Lipinski definition) is 0. The summed E-state index contributed by atoms with van der Waals surface area (Å²) in [5.41, 5.74) is 8.61. The fourth-order valence-electron chi connectivity index (χ4n) is 4.35. The van der Waals surface area contributed by atoms with E-state index >= 15 is 0 Å². The molecular formula is C27H24N2+2. The monoisotopic (exact) mass is 376 g/mol. The SMILES string of the molecule is Cc1c(-[n+]2c(C)ccc3ccccc32)cccc1-[n+]1c(C)ccc2ccccc21. The summed E-state index contributed by atoms with van der Waals surface area (Å²) in [6.45, 7) is 6.58. The van der Waals surface area contributed by atoms with Crippen LogP contribution in [0.25, 0.3) is 33.2 Å². The lowest BCUT2D eigenvalue weighted by Crippen LogP contribution is -2.40. The Kier molecular flexibility index (Phi) is 4.13. The second-order valence-corrected chi connectivity index (χ2v) is 7.66. The Bertz CT molecular complexity index is 1280. The number of benzene rings is 3. The van der Waals surface area contributed by atoms with Crippen molar-refractivity contribution < 1.29 is 9.13 Å². The predicted octanol–water partition coefficient (Wildman–Crippen LogP) is 5.47. The maximum Gasteiger partial charge on any atom is 0.221 e. The molecule has 0 radical (unpaired) electrons. The molecule has 0 saturated carbocycles. The van der Waals surface area contributed by atoms with E-state index < -0.39 is 0 Å². The Morgan fingerprint density at radius 1 is 0.448 bits per heavy atom. The number of aromatic nitrogens is 2. The van der Waals surface area contributed by atoms with Crippen LogP contribution in [0.1, 0.15) is 17.0 Å². The maximum atomic E-state index is 2.37. The third kappa shape index (κ3) is 2.80. The van der Waals surface area contributed by atoms with Gasteiger partial charge in [-0.2, -0.15) is 9.13 Å². The van der Waals surface area contributed by atoms with Crippen LogP contribution < -0.4 is 9.13 Å². The van der Waals surface area contributed by atoms with Gasteiger partial charge in [0.05, 0.1) is 5.56 Å². The fraction of sp³-hybridized carbons (Fsp3) is 0.111. The van der Waals surface area contributed by atoms with E-state index in [1.54, 1.807) is 0 Å². The van der Waals surface area contributed by atoms with E-state index in [2.05, 4.69) is 121 Å². The van der Waals surface area contributed by atoms with E-state index in [1.165, 1.54) is 50.1 Å². The summed E-state index contributed by atoms with van der Waals surface area (Å²) in [5, 5.41) is 2.49. The smallest absolute Gasteiger partial charge is 0.157 e. The molecule has 3 aromatic carbocycles. The summed E-state index contributed by atoms with van der Waals surface area (Å²) in [6, 6.07) is 32.6. The first-order valence-electron chi connectivity index (χ1n) is 10.1. The van der Waals surface area contributed by atoms with Crippen molar-refractivity contribution in [3.05, 3.63) is 108 Å². The molecule has 0 saturated heterocycles. The normalized spacial score (nSPS) is 11.3. The summed E-state index contributed by atoms with van der Waals surface area (Å²) in [4.78, 5) is 0. The second-order valence-electron chi connectivity index (χ2n) is 7.66. The zero-order valence-corrected chi connectivity index (χ0v) is 17.1. The zero-order chi connectivity index (χ0) is 20.0. The third-order valence-corrected chi connectivity index (χ3v) is 5.83. The molecule has 2 nitrogen and oxygen atoms in total. The summed E-state index contributed by atoms with van der Waals surface area (Å²) in [5.74, 6) is 0. The van der Waals surface area contributed by atoms with Gasteiger partial charge < -0.3 is 0 Å². The van der Waals surface area contributed by atoms with Gasteiger partial charge in [0.25, 0.3) is 0 Å². The molecule has 0 fully saturated rings. The van der Waals surface area contributed by atoms with Crippen LogP contribution in [0.3, 0.4) is 0 Å². The van der Waals surface area contributed by atoms with Crippen LogP contribution in [0, 0.1) is 20.8 Å². The Morgan fingerprint density at radius 3 is 1.38 bits per heavy atom. The number of rotatable bonds is 2. The van der Waals surface area contributed by atoms with Crippen molar-refractivity contribution in [2.24, 2.45) is 0 Å². The Balaban J connectivity index is 1.84. The van der Waals surface area contributed by atoms with Crippen LogP contribution in [0.5, 0.6) is 0 Å². The van der Waals surface area contributed by atoms with E-state index in [4.69, 9.17) is 0 Å². The molecule has 0 atom stereocenters. The molecule has 2 aromatic heterocycles. The van der Waals surface area contributed by atoms with Gasteiger partial charge in [-0.3, -0.25) is 0 Å². The van der Waals surface area contributed by atoms with Crippen LogP contribution in [0.2, 0.25) is 0 Å². The third-order valence-electron chi connectivity index (χ3n) is 5.83. The molecule has 0 bridgehead atoms. The van der Waals surface area contributed by atoms with Gasteiger partial charge in [-0.25, -0.2) is 0 Å². The largest absolute Gasteiger partial charge is 0.221 e. The minimum absolute atomic E-state index is 1.22. The average molecular weight is 377 g/mol. The first kappa shape index (κ1) is 17.6. The van der Waals surface area contributed by atoms with E-state index in [1.807, 2.05) is 0 Å². The van der Waals surface area contributed by atoms with Crippen molar-refractivity contribution in [2.45, 2.75) is 20.8 Å². The Morgan fingerprint density at radius 2 is 0.897 bits per heavy atom. The lowest BCUT2D eigenvalue weighted by molar-refractivity contribution is -0.583. The highest BCUT2D eigenvalue weighted by atomic mass is 15.0. The molecule has 29 heavy (non-hydrogen) atoms. The van der Waals surface area contributed by atoms with Crippen molar-refractivity contribution in [3.63, 3.8) is 0 Å². The number of para-hydroxylation sites is 2. The second kappa shape index (κ2) is 6.82. The summed E-state index contributed by atoms with van der Waals surface area (Å²) in [6.07, 6.45) is 0. The van der Waals surface area contributed by atoms with E-state index in [0.717, 1.165) is 0 Å². The van der Waals surface area contributed by atoms with Crippen LogP contribution in [-0.4, -0.2) is 0 Å². The summed E-state index contributed by atoms with van der Waals surface area (Å²) < 4.78 is 4.74. The lowest BCUT2D eigenvalue weighted by atomic mass is 10.1. The molecule has 2 heteroatoms. The van der Waals surface area contributed by atoms with Crippen LogP contribution in [0.15, 0.2) is 91.0 Å². The van der Waals surface area contributed by atoms with Crippen molar-refractivity contribution in [1.82, 2.24) is 0 Å². The number of nitrogens with zero attached hydrogens (tertiary/aromatic N) is 2. The molecule has 140 valence electrons. The molecule has 0 spiro atoms. The topological polar surface area (TPSA) is 7.76 Å². The van der Waals surface area contributed by atoms with E-state index in [0.29, 0.717) is 0 Å². The first-order valence-corrected chi connectivity index (χ1v) is 10.1. The predicted molar refractivity (Wildman–Crippen MR) is 119 cm³/mol. The highest BCUT2D eigenvalue weighted by Gasteiger charge is 2.25. The van der Waals surface area contributed by atoms with Gasteiger partial charge in [-0.05, 0) is 37.3 Å². The van der Waals surface area contributed by atoms with E-state index in [-0.39, 0.29) is 0 Å². The van der Waals surface area contributed by atoms with Gasteiger partial charge >= 0.3 is 0 Å². The summed E-state index contributed by atoms with van der Waals surface area (Å²) in [7, 11) is 0. The quantitative estimate of drug-likeness (QED) is 0.361. The van der Waals surface area contributed by atoms with Gasteiger partial charge in [-0.15, -0.1) is 0 Å². The van der Waals surface area contributed by atoms with Crippen molar-refractivity contribution in [2.75, 3.05) is 0 Å². The molecule has 0 unspecified atom stereocenters. The average Bonchev–Trinajstić information content (AvgIpc) is 2.75. The fourth-order valence-corrected chi connectivity index (χ4v) is 4.35. The van der Waals surface area contributed by atoms with Crippen LogP contribution in [0.4, 0.5) is 0 Å². The minimum Gasteiger partial charge on any atom is -0.157 e. The van der Waals surface area contributed by atoms with Gasteiger partial charge in [0.1, 0.15) is 0 Å². The van der Waals surface area contributed by atoms with Gasteiger partial charge in [-0.1, -0.05) is 24.3 Å². The number of pyridine rings is 2. The zero-order valence-electron chi connectivity index (χ0n) is 17.1. The van der Waals surface area contributed by atoms with E-state index in [9.17, 15) is 0 Å². The molecular weight excluding hydrogens is 352 g/mol. The van der Waals surface area contributed by atoms with Crippen molar-refractivity contribution in [1.29, 1.82) is 0 Å².